The summed E-state index contributed by atoms with van der Waals surface area (Å²) in [7, 11) is 0. The zero-order valence-corrected chi connectivity index (χ0v) is 13.7. The number of carbonyl (C=O) groups is 1. The number of hydrogen-bond acceptors (Lipinski definition) is 2. The summed E-state index contributed by atoms with van der Waals surface area (Å²) in [6, 6.07) is 2.64. The van der Waals surface area contributed by atoms with Crippen LogP contribution in [0.1, 0.15) is 30.5 Å². The maximum atomic E-state index is 11.7. The summed E-state index contributed by atoms with van der Waals surface area (Å²) in [6.45, 7) is 7.43. The maximum Gasteiger partial charge on any atom is 2.00 e. The Balaban J connectivity index is 0. The second kappa shape index (κ2) is 8.41. The van der Waals surface area contributed by atoms with Gasteiger partial charge in [0.15, 0.2) is 0 Å². The van der Waals surface area contributed by atoms with E-state index in [4.69, 9.17) is 5.73 Å². The Kier molecular flexibility index (Phi) is 9.10. The fourth-order valence-electron chi connectivity index (χ4n) is 2.00. The number of hydrogen-bond donors (Lipinski definition) is 1. The van der Waals surface area contributed by atoms with Gasteiger partial charge in [0.2, 0.25) is 0 Å². The molecule has 1 atom stereocenters. The van der Waals surface area contributed by atoms with E-state index in [1.807, 2.05) is 27.7 Å². The zero-order valence-electron chi connectivity index (χ0n) is 12.3. The van der Waals surface area contributed by atoms with Crippen LogP contribution in [-0.2, 0) is 29.8 Å². The summed E-state index contributed by atoms with van der Waals surface area (Å²) in [5.41, 5.74) is 10.8. The van der Waals surface area contributed by atoms with Crippen molar-refractivity contribution in [3.63, 3.8) is 0 Å². The quantitative estimate of drug-likeness (QED) is 0.863. The van der Waals surface area contributed by atoms with E-state index in [2.05, 4.69) is 0 Å². The fraction of sp³-hybridized carbons (Fsp3) is 0.467. The van der Waals surface area contributed by atoms with Crippen LogP contribution in [-0.4, -0.2) is 16.9 Å². The number of phenolic OH excluding ortho intramolecular Hbond substituents is 1. The van der Waals surface area contributed by atoms with Gasteiger partial charge in [0, 0.05) is 5.92 Å². The van der Waals surface area contributed by atoms with Gasteiger partial charge >= 0.3 is 18.6 Å². The third-order valence-corrected chi connectivity index (χ3v) is 3.00. The number of Topliss-reactive ketones (excluding diaryl/α,β-unsaturated/α-hetero) is 1. The van der Waals surface area contributed by atoms with Crippen molar-refractivity contribution in [3.8, 4) is 5.75 Å². The fourth-order valence-corrected chi connectivity index (χ4v) is 2.00. The molecule has 1 aromatic rings. The molecule has 4 heteroatoms. The molecule has 1 radical (unpaired) electrons. The molecular formula is C15H23NO2V. The summed E-state index contributed by atoms with van der Waals surface area (Å²) >= 11 is 0. The Morgan fingerprint density at radius 1 is 1.26 bits per heavy atom. The normalized spacial score (nSPS) is 11.5. The first-order valence-electron chi connectivity index (χ1n) is 5.86. The average molecular weight is 300 g/mol. The van der Waals surface area contributed by atoms with Crippen molar-refractivity contribution in [2.75, 3.05) is 0 Å². The van der Waals surface area contributed by atoms with Crippen LogP contribution in [0.4, 0.5) is 0 Å². The number of phenols is 1. The van der Waals surface area contributed by atoms with Crippen molar-refractivity contribution >= 4 is 5.78 Å². The summed E-state index contributed by atoms with van der Waals surface area (Å²) in [4.78, 5) is 11.7. The van der Waals surface area contributed by atoms with Gasteiger partial charge in [-0.3, -0.25) is 0 Å². The zero-order chi connectivity index (χ0) is 13.2. The summed E-state index contributed by atoms with van der Waals surface area (Å²) in [5, 5.41) is 9.44. The molecule has 1 rings (SSSR count). The van der Waals surface area contributed by atoms with Crippen LogP contribution in [0, 0.1) is 27.2 Å². The smallest absolute Gasteiger partial charge is 0.668 e. The van der Waals surface area contributed by atoms with Crippen LogP contribution in [0.15, 0.2) is 12.1 Å². The Morgan fingerprint density at radius 2 is 1.68 bits per heavy atom. The number of aryl methyl sites for hydroxylation is 2. The first kappa shape index (κ1) is 20.5. The molecule has 0 aliphatic heterocycles. The molecule has 0 fully saturated rings. The Morgan fingerprint density at radius 3 is 2.05 bits per heavy atom. The molecule has 0 aromatic heterocycles. The first-order chi connectivity index (χ1) is 7.82. The predicted molar refractivity (Wildman–Crippen MR) is 75.7 cm³/mol. The standard InChI is InChI=1S/C14H20NO2.CH3.V/c1-8(2)14(17)13(15)7-12-9(3)5-11(16)6-10(12)4;;/h5-6,8,13,15-16H,7H2,1-4H3;1H3;/q2*-1;+2. The van der Waals surface area contributed by atoms with E-state index >= 15 is 0 Å². The number of nitrogens with one attached hydrogen (secondary N) is 1. The minimum absolute atomic E-state index is 0. The van der Waals surface area contributed by atoms with E-state index in [1.54, 1.807) is 12.1 Å². The molecule has 0 amide bonds. The third-order valence-electron chi connectivity index (χ3n) is 3.00. The molecular weight excluding hydrogens is 277 g/mol. The monoisotopic (exact) mass is 300 g/mol. The van der Waals surface area contributed by atoms with E-state index in [9.17, 15) is 9.90 Å². The third kappa shape index (κ3) is 5.39. The van der Waals surface area contributed by atoms with Gasteiger partial charge in [-0.15, -0.1) is 0 Å². The van der Waals surface area contributed by atoms with Gasteiger partial charge in [0.05, 0.1) is 0 Å². The molecule has 2 N–H and O–H groups in total. The topological polar surface area (TPSA) is 61.1 Å². The van der Waals surface area contributed by atoms with E-state index in [1.165, 1.54) is 0 Å². The maximum absolute atomic E-state index is 11.7. The molecule has 0 aliphatic carbocycles. The van der Waals surface area contributed by atoms with Gasteiger partial charge < -0.3 is 23.1 Å². The molecule has 0 saturated carbocycles. The van der Waals surface area contributed by atoms with Crippen LogP contribution in [0.5, 0.6) is 5.75 Å². The van der Waals surface area contributed by atoms with Crippen LogP contribution in [0.2, 0.25) is 0 Å². The number of carbonyl (C=O) groups excluding carboxylic acids is 1. The minimum atomic E-state index is -0.711. The van der Waals surface area contributed by atoms with Crippen molar-refractivity contribution in [2.45, 2.75) is 40.2 Å². The Hall–Kier alpha value is -0.766. The Labute approximate surface area is 128 Å². The van der Waals surface area contributed by atoms with Crippen molar-refractivity contribution in [1.29, 1.82) is 0 Å². The van der Waals surface area contributed by atoms with Crippen molar-refractivity contribution in [2.24, 2.45) is 5.92 Å². The minimum Gasteiger partial charge on any atom is -0.668 e. The van der Waals surface area contributed by atoms with Crippen LogP contribution in [0.25, 0.3) is 5.73 Å². The SMILES string of the molecule is Cc1cc(O)cc(C)c1CC([NH-])C(=O)C(C)C.[CH3-].[V+2]. The molecule has 3 nitrogen and oxygen atoms in total. The summed E-state index contributed by atoms with van der Waals surface area (Å²) < 4.78 is 0. The molecule has 0 spiro atoms. The second-order valence-corrected chi connectivity index (χ2v) is 4.87. The summed E-state index contributed by atoms with van der Waals surface area (Å²) in [6.07, 6.45) is 0.426. The van der Waals surface area contributed by atoms with E-state index in [0.717, 1.165) is 16.7 Å². The van der Waals surface area contributed by atoms with Gasteiger partial charge in [-0.2, -0.15) is 0 Å². The largest absolute Gasteiger partial charge is 2.00 e. The average Bonchev–Trinajstić information content (AvgIpc) is 2.21. The van der Waals surface area contributed by atoms with Gasteiger partial charge in [-0.1, -0.05) is 19.9 Å². The molecule has 19 heavy (non-hydrogen) atoms. The van der Waals surface area contributed by atoms with Gasteiger partial charge in [-0.05, 0) is 49.1 Å². The van der Waals surface area contributed by atoms with Crippen molar-refractivity contribution in [3.05, 3.63) is 42.0 Å². The van der Waals surface area contributed by atoms with E-state index in [0.29, 0.717) is 6.42 Å². The van der Waals surface area contributed by atoms with Crippen LogP contribution in [0.3, 0.4) is 0 Å². The van der Waals surface area contributed by atoms with Crippen LogP contribution < -0.4 is 0 Å². The van der Waals surface area contributed by atoms with Crippen molar-refractivity contribution in [1.82, 2.24) is 0 Å². The molecule has 0 heterocycles. The molecule has 1 unspecified atom stereocenters. The molecule has 0 saturated heterocycles. The first-order valence-corrected chi connectivity index (χ1v) is 5.86. The molecule has 0 bridgehead atoms. The van der Waals surface area contributed by atoms with Gasteiger partial charge in [0.25, 0.3) is 0 Å². The number of ketones is 1. The number of benzene rings is 1. The number of rotatable bonds is 4. The summed E-state index contributed by atoms with van der Waals surface area (Å²) in [5.74, 6) is 0.104. The predicted octanol–water partition coefficient (Wildman–Crippen LogP) is 3.65. The second-order valence-electron chi connectivity index (χ2n) is 4.87. The Bertz CT molecular complexity index is 407. The molecule has 0 aliphatic rings. The number of aromatic hydroxyl groups is 1. The van der Waals surface area contributed by atoms with Crippen molar-refractivity contribution < 1.29 is 28.5 Å². The molecule has 1 aromatic carbocycles. The van der Waals surface area contributed by atoms with Gasteiger partial charge in [-0.25, -0.2) is 0 Å². The van der Waals surface area contributed by atoms with Crippen LogP contribution >= 0.6 is 0 Å². The van der Waals surface area contributed by atoms with Gasteiger partial charge in [0.1, 0.15) is 11.5 Å². The molecule has 105 valence electrons. The van der Waals surface area contributed by atoms with E-state index in [-0.39, 0.29) is 43.4 Å². The van der Waals surface area contributed by atoms with E-state index < -0.39 is 6.04 Å².